The summed E-state index contributed by atoms with van der Waals surface area (Å²) in [6, 6.07) is 1.13. The van der Waals surface area contributed by atoms with Gasteiger partial charge >= 0.3 is 0 Å². The highest BCUT2D eigenvalue weighted by Gasteiger charge is 2.19. The first-order valence-electron chi connectivity index (χ1n) is 5.94. The summed E-state index contributed by atoms with van der Waals surface area (Å²) in [6.07, 6.45) is 4.20. The van der Waals surface area contributed by atoms with Gasteiger partial charge in [-0.1, -0.05) is 18.0 Å². The predicted molar refractivity (Wildman–Crippen MR) is 68.8 cm³/mol. The van der Waals surface area contributed by atoms with Crippen LogP contribution in [0.3, 0.4) is 0 Å². The second kappa shape index (κ2) is 5.94. The number of rotatable bonds is 3. The molecule has 0 saturated carbocycles. The van der Waals surface area contributed by atoms with E-state index in [9.17, 15) is 14.9 Å². The van der Waals surface area contributed by atoms with Crippen molar-refractivity contribution in [2.45, 2.75) is 19.3 Å². The van der Waals surface area contributed by atoms with Crippen LogP contribution in [0.15, 0.2) is 12.3 Å². The first-order valence-corrected chi connectivity index (χ1v) is 6.31. The third kappa shape index (κ3) is 3.39. The highest BCUT2D eigenvalue weighted by molar-refractivity contribution is 6.32. The predicted octanol–water partition coefficient (Wildman–Crippen LogP) is 1.77. The van der Waals surface area contributed by atoms with Gasteiger partial charge in [0.2, 0.25) is 0 Å². The SMILES string of the molecule is O=C(NN1CCCCC1)c1cc([N+](=O)[O-])cnc1Cl. The Labute approximate surface area is 114 Å². The number of hydrazine groups is 1. The Balaban J connectivity index is 2.13. The van der Waals surface area contributed by atoms with Crippen molar-refractivity contribution in [2.75, 3.05) is 13.1 Å². The topological polar surface area (TPSA) is 88.4 Å². The largest absolute Gasteiger partial charge is 0.288 e. The zero-order valence-electron chi connectivity index (χ0n) is 10.1. The maximum Gasteiger partial charge on any atom is 0.288 e. The number of hydrogen-bond donors (Lipinski definition) is 1. The molecule has 0 atom stereocenters. The highest BCUT2D eigenvalue weighted by atomic mass is 35.5. The molecule has 0 unspecified atom stereocenters. The Hall–Kier alpha value is -1.73. The van der Waals surface area contributed by atoms with E-state index in [2.05, 4.69) is 10.4 Å². The lowest BCUT2D eigenvalue weighted by molar-refractivity contribution is -0.385. The number of amides is 1. The first-order chi connectivity index (χ1) is 9.08. The molecule has 2 heterocycles. The van der Waals surface area contributed by atoms with Crippen LogP contribution < -0.4 is 5.43 Å². The summed E-state index contributed by atoms with van der Waals surface area (Å²) >= 11 is 5.80. The van der Waals surface area contributed by atoms with E-state index in [4.69, 9.17) is 11.6 Å². The molecule has 7 nitrogen and oxygen atoms in total. The van der Waals surface area contributed by atoms with Gasteiger partial charge in [-0.2, -0.15) is 0 Å². The molecule has 0 spiro atoms. The molecule has 1 saturated heterocycles. The van der Waals surface area contributed by atoms with Gasteiger partial charge in [-0.3, -0.25) is 20.3 Å². The van der Waals surface area contributed by atoms with Crippen molar-refractivity contribution in [1.82, 2.24) is 15.4 Å². The van der Waals surface area contributed by atoms with Gasteiger partial charge in [-0.25, -0.2) is 9.99 Å². The molecule has 8 heteroatoms. The minimum absolute atomic E-state index is 0.0152. The van der Waals surface area contributed by atoms with Crippen LogP contribution >= 0.6 is 11.6 Å². The first kappa shape index (κ1) is 13.7. The van der Waals surface area contributed by atoms with Gasteiger partial charge in [0, 0.05) is 19.2 Å². The second-order valence-electron chi connectivity index (χ2n) is 4.28. The lowest BCUT2D eigenvalue weighted by Gasteiger charge is -2.26. The third-order valence-corrected chi connectivity index (χ3v) is 3.20. The molecule has 1 amide bonds. The van der Waals surface area contributed by atoms with Gasteiger partial charge in [0.15, 0.2) is 0 Å². The Kier molecular flexibility index (Phi) is 4.28. The lowest BCUT2D eigenvalue weighted by atomic mass is 10.2. The van der Waals surface area contributed by atoms with E-state index in [0.717, 1.165) is 44.6 Å². The molecular formula is C11H13ClN4O3. The summed E-state index contributed by atoms with van der Waals surface area (Å²) in [5.74, 6) is -0.469. The van der Waals surface area contributed by atoms with Gasteiger partial charge in [0.25, 0.3) is 11.6 Å². The molecule has 1 aromatic rings. The van der Waals surface area contributed by atoms with Crippen molar-refractivity contribution in [3.05, 3.63) is 33.1 Å². The Morgan fingerprint density at radius 2 is 2.11 bits per heavy atom. The number of piperidine rings is 1. The van der Waals surface area contributed by atoms with Crippen LogP contribution in [-0.2, 0) is 0 Å². The van der Waals surface area contributed by atoms with Gasteiger partial charge in [-0.05, 0) is 12.8 Å². The number of aromatic nitrogens is 1. The van der Waals surface area contributed by atoms with E-state index < -0.39 is 10.8 Å². The number of nitro groups is 1. The van der Waals surface area contributed by atoms with Crippen molar-refractivity contribution in [3.8, 4) is 0 Å². The fourth-order valence-corrected chi connectivity index (χ4v) is 2.09. The molecule has 1 aliphatic rings. The normalized spacial score (nSPS) is 16.1. The number of hydrogen-bond acceptors (Lipinski definition) is 5. The van der Waals surface area contributed by atoms with Crippen LogP contribution in [0.25, 0.3) is 0 Å². The number of pyridine rings is 1. The standard InChI is InChI=1S/C11H13ClN4O3/c12-10-9(6-8(7-13-10)16(18)19)11(17)14-15-4-2-1-3-5-15/h6-7H,1-5H2,(H,14,17). The Morgan fingerprint density at radius 3 is 2.74 bits per heavy atom. The van der Waals surface area contributed by atoms with E-state index in [0.29, 0.717) is 0 Å². The van der Waals surface area contributed by atoms with Gasteiger partial charge in [0.1, 0.15) is 11.3 Å². The van der Waals surface area contributed by atoms with Crippen LogP contribution in [0.5, 0.6) is 0 Å². The molecule has 19 heavy (non-hydrogen) atoms. The smallest absolute Gasteiger partial charge is 0.285 e. The molecule has 1 N–H and O–H groups in total. The van der Waals surface area contributed by atoms with E-state index >= 15 is 0 Å². The van der Waals surface area contributed by atoms with E-state index in [1.807, 2.05) is 0 Å². The molecule has 0 radical (unpaired) electrons. The van der Waals surface area contributed by atoms with E-state index in [1.165, 1.54) is 0 Å². The number of halogens is 1. The van der Waals surface area contributed by atoms with Gasteiger partial charge in [-0.15, -0.1) is 0 Å². The number of carbonyl (C=O) groups excluding carboxylic acids is 1. The van der Waals surface area contributed by atoms with Crippen molar-refractivity contribution >= 4 is 23.2 Å². The fraction of sp³-hybridized carbons (Fsp3) is 0.455. The summed E-state index contributed by atoms with van der Waals surface area (Å²) in [6.45, 7) is 1.54. The summed E-state index contributed by atoms with van der Waals surface area (Å²) in [5.41, 5.74) is 2.45. The van der Waals surface area contributed by atoms with E-state index in [-0.39, 0.29) is 16.4 Å². The zero-order chi connectivity index (χ0) is 13.8. The van der Waals surface area contributed by atoms with Gasteiger partial charge < -0.3 is 0 Å². The average molecular weight is 285 g/mol. The summed E-state index contributed by atoms with van der Waals surface area (Å²) < 4.78 is 0. The van der Waals surface area contributed by atoms with Crippen LogP contribution in [0.2, 0.25) is 5.15 Å². The summed E-state index contributed by atoms with van der Waals surface area (Å²) in [5, 5.41) is 12.4. The molecule has 2 rings (SSSR count). The molecule has 1 aliphatic heterocycles. The van der Waals surface area contributed by atoms with Crippen LogP contribution in [-0.4, -0.2) is 33.9 Å². The molecule has 0 aromatic carbocycles. The quantitative estimate of drug-likeness (QED) is 0.519. The lowest BCUT2D eigenvalue weighted by Crippen LogP contribution is -2.45. The minimum atomic E-state index is -0.610. The van der Waals surface area contributed by atoms with Crippen molar-refractivity contribution in [1.29, 1.82) is 0 Å². The maximum absolute atomic E-state index is 12.0. The number of nitrogens with zero attached hydrogens (tertiary/aromatic N) is 3. The van der Waals surface area contributed by atoms with Crippen LogP contribution in [0, 0.1) is 10.1 Å². The monoisotopic (exact) mass is 284 g/mol. The molecule has 102 valence electrons. The summed E-state index contributed by atoms with van der Waals surface area (Å²) in [4.78, 5) is 25.7. The second-order valence-corrected chi connectivity index (χ2v) is 4.64. The fourth-order valence-electron chi connectivity index (χ4n) is 1.91. The van der Waals surface area contributed by atoms with Gasteiger partial charge in [0.05, 0.1) is 10.5 Å². The highest BCUT2D eigenvalue weighted by Crippen LogP contribution is 2.19. The molecule has 1 aromatic heterocycles. The van der Waals surface area contributed by atoms with Crippen molar-refractivity contribution < 1.29 is 9.72 Å². The summed E-state index contributed by atoms with van der Waals surface area (Å²) in [7, 11) is 0. The number of nitrogens with one attached hydrogen (secondary N) is 1. The van der Waals surface area contributed by atoms with Crippen molar-refractivity contribution in [2.24, 2.45) is 0 Å². The van der Waals surface area contributed by atoms with Crippen LogP contribution in [0.1, 0.15) is 29.6 Å². The average Bonchev–Trinajstić information content (AvgIpc) is 2.40. The minimum Gasteiger partial charge on any atom is -0.285 e. The Morgan fingerprint density at radius 1 is 1.42 bits per heavy atom. The third-order valence-electron chi connectivity index (χ3n) is 2.90. The maximum atomic E-state index is 12.0. The molecule has 1 fully saturated rings. The molecule has 0 bridgehead atoms. The number of carbonyl (C=O) groups is 1. The Bertz CT molecular complexity index is 503. The molecule has 0 aliphatic carbocycles. The zero-order valence-corrected chi connectivity index (χ0v) is 10.9. The van der Waals surface area contributed by atoms with Crippen LogP contribution in [0.4, 0.5) is 5.69 Å². The van der Waals surface area contributed by atoms with E-state index in [1.54, 1.807) is 5.01 Å². The molecular weight excluding hydrogens is 272 g/mol. The van der Waals surface area contributed by atoms with Crippen molar-refractivity contribution in [3.63, 3.8) is 0 Å².